The highest BCUT2D eigenvalue weighted by molar-refractivity contribution is 5.39. The highest BCUT2D eigenvalue weighted by Crippen LogP contribution is 2.44. The summed E-state index contributed by atoms with van der Waals surface area (Å²) in [5, 5.41) is 10.8. The van der Waals surface area contributed by atoms with Gasteiger partial charge in [-0.15, -0.1) is 0 Å². The minimum absolute atomic E-state index is 0.173. The van der Waals surface area contributed by atoms with E-state index in [0.29, 0.717) is 0 Å². The predicted octanol–water partition coefficient (Wildman–Crippen LogP) is 6.94. The van der Waals surface area contributed by atoms with Crippen molar-refractivity contribution >= 4 is 6.72 Å². The molecule has 4 nitrogen and oxygen atoms in total. The Morgan fingerprint density at radius 3 is 2.18 bits per heavy atom. The first-order valence-electron chi connectivity index (χ1n) is 11.5. The SMILES string of the molecule is C=NC/C=C\N(C/C=C\C)CC(O)(CC(C)(C)c1cc(F)ccc1OC)C(F)(F)F.CC.CC. The van der Waals surface area contributed by atoms with E-state index in [9.17, 15) is 22.7 Å². The van der Waals surface area contributed by atoms with Gasteiger partial charge in [-0.05, 0) is 56.0 Å². The lowest BCUT2D eigenvalue weighted by atomic mass is 9.74. The molecule has 1 aromatic carbocycles. The molecule has 0 saturated heterocycles. The van der Waals surface area contributed by atoms with Gasteiger partial charge in [-0.3, -0.25) is 4.99 Å². The van der Waals surface area contributed by atoms with Crippen molar-refractivity contribution in [3.05, 3.63) is 54.0 Å². The molecule has 8 heteroatoms. The fraction of sp³-hybridized carbons (Fsp3) is 0.577. The summed E-state index contributed by atoms with van der Waals surface area (Å²) >= 11 is 0. The standard InChI is InChI=1S/C22H30F4N2O2.2C2H6/c1-6-7-12-28(13-8-11-27-4)16-21(29,22(24,25)26)15-20(2,3)18-14-17(23)9-10-19(18)30-5;2*1-2/h6-10,13-14,29H,4,11-12,15-16H2,1-3,5H3;2*1-2H3/b7-6-,13-8-;;. The molecule has 0 spiro atoms. The molecule has 0 fully saturated rings. The van der Waals surface area contributed by atoms with E-state index in [0.717, 1.165) is 6.07 Å². The van der Waals surface area contributed by atoms with Crippen LogP contribution in [-0.2, 0) is 5.41 Å². The van der Waals surface area contributed by atoms with Gasteiger partial charge in [0.1, 0.15) is 11.6 Å². The van der Waals surface area contributed by atoms with Crippen molar-refractivity contribution in [1.29, 1.82) is 0 Å². The summed E-state index contributed by atoms with van der Waals surface area (Å²) in [6.07, 6.45) is 0.811. The molecule has 0 heterocycles. The number of aliphatic imine (C=N–C) groups is 1. The zero-order valence-corrected chi connectivity index (χ0v) is 21.8. The van der Waals surface area contributed by atoms with Gasteiger partial charge in [0, 0.05) is 12.1 Å². The number of benzene rings is 1. The zero-order valence-electron chi connectivity index (χ0n) is 21.8. The van der Waals surface area contributed by atoms with Crippen molar-refractivity contribution in [1.82, 2.24) is 4.90 Å². The molecule has 0 radical (unpaired) electrons. The Morgan fingerprint density at radius 1 is 1.12 bits per heavy atom. The number of rotatable bonds is 11. The van der Waals surface area contributed by atoms with Crippen LogP contribution in [0.3, 0.4) is 0 Å². The van der Waals surface area contributed by atoms with Crippen LogP contribution in [0, 0.1) is 5.82 Å². The van der Waals surface area contributed by atoms with E-state index in [2.05, 4.69) is 11.7 Å². The molecule has 1 aromatic rings. The van der Waals surface area contributed by atoms with Gasteiger partial charge < -0.3 is 14.7 Å². The van der Waals surface area contributed by atoms with Crippen molar-refractivity contribution in [2.45, 2.75) is 72.1 Å². The first-order valence-corrected chi connectivity index (χ1v) is 11.5. The molecular formula is C26H42F4N2O2. The van der Waals surface area contributed by atoms with Crippen molar-refractivity contribution in [2.75, 3.05) is 26.7 Å². The van der Waals surface area contributed by atoms with E-state index in [1.165, 1.54) is 44.2 Å². The maximum atomic E-state index is 14.0. The Balaban J connectivity index is 0. The van der Waals surface area contributed by atoms with Crippen molar-refractivity contribution in [2.24, 2.45) is 4.99 Å². The Hall–Kier alpha value is -2.35. The van der Waals surface area contributed by atoms with Gasteiger partial charge >= 0.3 is 6.18 Å². The molecule has 0 aromatic heterocycles. The third-order valence-electron chi connectivity index (χ3n) is 4.74. The third kappa shape index (κ3) is 10.7. The second-order valence-corrected chi connectivity index (χ2v) is 7.72. The van der Waals surface area contributed by atoms with E-state index in [1.807, 2.05) is 27.7 Å². The molecule has 0 aliphatic rings. The molecule has 0 saturated carbocycles. The van der Waals surface area contributed by atoms with Crippen LogP contribution in [0.2, 0.25) is 0 Å². The third-order valence-corrected chi connectivity index (χ3v) is 4.74. The number of aliphatic hydroxyl groups is 1. The molecule has 1 unspecified atom stereocenters. The van der Waals surface area contributed by atoms with Gasteiger partial charge in [0.2, 0.25) is 0 Å². The van der Waals surface area contributed by atoms with Gasteiger partial charge in [0.05, 0.1) is 20.2 Å². The highest BCUT2D eigenvalue weighted by atomic mass is 19.4. The number of hydrogen-bond donors (Lipinski definition) is 1. The highest BCUT2D eigenvalue weighted by Gasteiger charge is 2.56. The van der Waals surface area contributed by atoms with Crippen LogP contribution in [0.1, 0.15) is 60.5 Å². The van der Waals surface area contributed by atoms with E-state index in [4.69, 9.17) is 4.74 Å². The van der Waals surface area contributed by atoms with Gasteiger partial charge in [-0.2, -0.15) is 13.2 Å². The van der Waals surface area contributed by atoms with Crippen LogP contribution in [-0.4, -0.2) is 55.2 Å². The average molecular weight is 491 g/mol. The van der Waals surface area contributed by atoms with E-state index < -0.39 is 36.0 Å². The maximum absolute atomic E-state index is 14.0. The fourth-order valence-corrected chi connectivity index (χ4v) is 3.31. The van der Waals surface area contributed by atoms with Gasteiger partial charge in [-0.25, -0.2) is 4.39 Å². The largest absolute Gasteiger partial charge is 0.496 e. The monoisotopic (exact) mass is 490 g/mol. The van der Waals surface area contributed by atoms with Gasteiger partial charge in [0.15, 0.2) is 5.60 Å². The summed E-state index contributed by atoms with van der Waals surface area (Å²) in [4.78, 5) is 5.00. The van der Waals surface area contributed by atoms with Crippen LogP contribution in [0.25, 0.3) is 0 Å². The molecule has 0 bridgehead atoms. The van der Waals surface area contributed by atoms with Crippen LogP contribution in [0.4, 0.5) is 17.6 Å². The number of ether oxygens (including phenoxy) is 1. The first-order chi connectivity index (χ1) is 15.9. The van der Waals surface area contributed by atoms with Crippen molar-refractivity contribution in [3.63, 3.8) is 0 Å². The summed E-state index contributed by atoms with van der Waals surface area (Å²) in [6, 6.07) is 3.68. The van der Waals surface area contributed by atoms with E-state index in [-0.39, 0.29) is 24.4 Å². The molecule has 196 valence electrons. The van der Waals surface area contributed by atoms with Crippen LogP contribution in [0.15, 0.2) is 47.6 Å². The van der Waals surface area contributed by atoms with Gasteiger partial charge in [0.25, 0.3) is 0 Å². The summed E-state index contributed by atoms with van der Waals surface area (Å²) in [5.74, 6) is -0.336. The number of hydrogen-bond acceptors (Lipinski definition) is 4. The molecule has 0 amide bonds. The lowest BCUT2D eigenvalue weighted by molar-refractivity contribution is -0.269. The molecule has 34 heavy (non-hydrogen) atoms. The molecule has 0 aliphatic heterocycles. The maximum Gasteiger partial charge on any atom is 0.418 e. The number of allylic oxidation sites excluding steroid dienone is 1. The minimum Gasteiger partial charge on any atom is -0.496 e. The van der Waals surface area contributed by atoms with Crippen molar-refractivity contribution in [3.8, 4) is 5.75 Å². The second kappa shape index (κ2) is 16.3. The number of methoxy groups -OCH3 is 1. The second-order valence-electron chi connectivity index (χ2n) is 7.72. The summed E-state index contributed by atoms with van der Waals surface area (Å²) in [6.45, 7) is 15.8. The first kappa shape index (κ1) is 33.8. The lowest BCUT2D eigenvalue weighted by Crippen LogP contribution is -2.55. The van der Waals surface area contributed by atoms with Crippen LogP contribution >= 0.6 is 0 Å². The minimum atomic E-state index is -4.91. The molecule has 0 aliphatic carbocycles. The average Bonchev–Trinajstić information content (AvgIpc) is 2.79. The fourth-order valence-electron chi connectivity index (χ4n) is 3.31. The van der Waals surface area contributed by atoms with Gasteiger partial charge in [-0.1, -0.05) is 53.7 Å². The molecule has 1 N–H and O–H groups in total. The van der Waals surface area contributed by atoms with Crippen LogP contribution in [0.5, 0.6) is 5.75 Å². The summed E-state index contributed by atoms with van der Waals surface area (Å²) in [5.41, 5.74) is -4.04. The Labute approximate surface area is 203 Å². The summed E-state index contributed by atoms with van der Waals surface area (Å²) in [7, 11) is 1.36. The number of alkyl halides is 3. The normalized spacial score (nSPS) is 13.4. The molecule has 1 atom stereocenters. The topological polar surface area (TPSA) is 45.1 Å². The predicted molar refractivity (Wildman–Crippen MR) is 134 cm³/mol. The number of halogens is 4. The van der Waals surface area contributed by atoms with E-state index >= 15 is 0 Å². The van der Waals surface area contributed by atoms with E-state index in [1.54, 1.807) is 25.2 Å². The number of nitrogens with zero attached hydrogens (tertiary/aromatic N) is 2. The Morgan fingerprint density at radius 2 is 1.71 bits per heavy atom. The molecular weight excluding hydrogens is 448 g/mol. The lowest BCUT2D eigenvalue weighted by Gasteiger charge is -2.40. The summed E-state index contributed by atoms with van der Waals surface area (Å²) < 4.78 is 61.1. The zero-order chi connectivity index (χ0) is 27.0. The smallest absolute Gasteiger partial charge is 0.418 e. The molecule has 1 rings (SSSR count). The quantitative estimate of drug-likeness (QED) is 0.208. The van der Waals surface area contributed by atoms with Crippen molar-refractivity contribution < 1.29 is 27.4 Å². The Kier molecular flexibility index (Phi) is 16.2. The van der Waals surface area contributed by atoms with Crippen LogP contribution < -0.4 is 4.74 Å². The Bertz CT molecular complexity index is 762.